The zero-order valence-corrected chi connectivity index (χ0v) is 14.7. The van der Waals surface area contributed by atoms with E-state index in [9.17, 15) is 18.4 Å². The molecular formula is C19H20F2N4O2. The van der Waals surface area contributed by atoms with Crippen molar-refractivity contribution in [1.82, 2.24) is 15.6 Å². The molecule has 2 atom stereocenters. The van der Waals surface area contributed by atoms with Crippen LogP contribution in [0.25, 0.3) is 0 Å². The Kier molecular flexibility index (Phi) is 5.46. The van der Waals surface area contributed by atoms with Crippen LogP contribution in [0.3, 0.4) is 0 Å². The number of carbonyl (C=O) groups excluding carboxylic acids is 2. The SMILES string of the molecule is CC(NC(=O)C1CC(F)(F)CN1)c1ccc(NC(=O)c2ccncc2)cc1. The van der Waals surface area contributed by atoms with Gasteiger partial charge in [-0.25, -0.2) is 8.78 Å². The average Bonchev–Trinajstić information content (AvgIpc) is 3.03. The van der Waals surface area contributed by atoms with Gasteiger partial charge < -0.3 is 10.6 Å². The standard InChI is InChI=1S/C19H20F2N4O2/c1-12(24-18(27)16-10-19(20,21)11-23-16)13-2-4-15(5-3-13)25-17(26)14-6-8-22-9-7-14/h2-9,12,16,23H,10-11H2,1H3,(H,24,27)(H,25,26). The summed E-state index contributed by atoms with van der Waals surface area (Å²) in [5, 5.41) is 8.04. The minimum absolute atomic E-state index is 0.250. The van der Waals surface area contributed by atoms with Crippen LogP contribution in [0.4, 0.5) is 14.5 Å². The third-order valence-corrected chi connectivity index (χ3v) is 4.40. The van der Waals surface area contributed by atoms with E-state index in [0.717, 1.165) is 5.56 Å². The third-order valence-electron chi connectivity index (χ3n) is 4.40. The van der Waals surface area contributed by atoms with Gasteiger partial charge in [-0.3, -0.25) is 19.9 Å². The van der Waals surface area contributed by atoms with E-state index in [2.05, 4.69) is 20.9 Å². The van der Waals surface area contributed by atoms with Crippen molar-refractivity contribution >= 4 is 17.5 Å². The van der Waals surface area contributed by atoms with E-state index < -0.39 is 30.8 Å². The summed E-state index contributed by atoms with van der Waals surface area (Å²) < 4.78 is 26.4. The highest BCUT2D eigenvalue weighted by molar-refractivity contribution is 6.04. The van der Waals surface area contributed by atoms with Crippen LogP contribution >= 0.6 is 0 Å². The molecule has 1 aromatic carbocycles. The van der Waals surface area contributed by atoms with Crippen LogP contribution in [0.5, 0.6) is 0 Å². The second kappa shape index (κ2) is 7.79. The molecule has 8 heteroatoms. The normalized spacial score (nSPS) is 19.3. The van der Waals surface area contributed by atoms with Crippen LogP contribution in [-0.4, -0.2) is 35.3 Å². The highest BCUT2D eigenvalue weighted by atomic mass is 19.3. The Morgan fingerprint density at radius 1 is 1.19 bits per heavy atom. The summed E-state index contributed by atoms with van der Waals surface area (Å²) in [6, 6.07) is 8.97. The van der Waals surface area contributed by atoms with Gasteiger partial charge in [0.05, 0.1) is 18.6 Å². The van der Waals surface area contributed by atoms with Gasteiger partial charge in [-0.05, 0) is 36.8 Å². The molecule has 3 rings (SSSR count). The Labute approximate surface area is 155 Å². The first-order valence-electron chi connectivity index (χ1n) is 8.57. The van der Waals surface area contributed by atoms with Gasteiger partial charge in [-0.1, -0.05) is 12.1 Å². The number of nitrogens with one attached hydrogen (secondary N) is 3. The smallest absolute Gasteiger partial charge is 0.262 e. The predicted octanol–water partition coefficient (Wildman–Crippen LogP) is 2.51. The van der Waals surface area contributed by atoms with Gasteiger partial charge >= 0.3 is 0 Å². The van der Waals surface area contributed by atoms with Gasteiger partial charge in [0, 0.05) is 30.1 Å². The molecule has 2 heterocycles. The molecule has 0 radical (unpaired) electrons. The van der Waals surface area contributed by atoms with Gasteiger partial charge in [0.25, 0.3) is 11.8 Å². The number of nitrogens with zero attached hydrogens (tertiary/aromatic N) is 1. The van der Waals surface area contributed by atoms with Gasteiger partial charge in [-0.2, -0.15) is 0 Å². The zero-order chi connectivity index (χ0) is 19.4. The number of rotatable bonds is 5. The van der Waals surface area contributed by atoms with E-state index >= 15 is 0 Å². The fourth-order valence-electron chi connectivity index (χ4n) is 2.86. The summed E-state index contributed by atoms with van der Waals surface area (Å²) in [5.41, 5.74) is 1.90. The van der Waals surface area contributed by atoms with Crippen LogP contribution in [0.2, 0.25) is 0 Å². The van der Waals surface area contributed by atoms with E-state index in [4.69, 9.17) is 0 Å². The third kappa shape index (κ3) is 4.85. The zero-order valence-electron chi connectivity index (χ0n) is 14.7. The monoisotopic (exact) mass is 374 g/mol. The molecule has 1 aliphatic heterocycles. The topological polar surface area (TPSA) is 83.1 Å². The van der Waals surface area contributed by atoms with Crippen molar-refractivity contribution in [3.05, 3.63) is 59.9 Å². The molecule has 0 bridgehead atoms. The van der Waals surface area contributed by atoms with E-state index in [-0.39, 0.29) is 11.9 Å². The molecule has 1 saturated heterocycles. The van der Waals surface area contributed by atoms with Crippen molar-refractivity contribution in [2.45, 2.75) is 31.4 Å². The second-order valence-corrected chi connectivity index (χ2v) is 6.54. The summed E-state index contributed by atoms with van der Waals surface area (Å²) in [7, 11) is 0. The maximum Gasteiger partial charge on any atom is 0.262 e. The summed E-state index contributed by atoms with van der Waals surface area (Å²) in [6.07, 6.45) is 2.58. The lowest BCUT2D eigenvalue weighted by molar-refractivity contribution is -0.124. The molecule has 2 unspecified atom stereocenters. The molecule has 6 nitrogen and oxygen atoms in total. The Balaban J connectivity index is 1.56. The number of anilines is 1. The number of hydrogen-bond donors (Lipinski definition) is 3. The molecule has 2 amide bonds. The predicted molar refractivity (Wildman–Crippen MR) is 96.5 cm³/mol. The molecule has 1 fully saturated rings. The van der Waals surface area contributed by atoms with E-state index in [1.807, 2.05) is 0 Å². The molecule has 1 aliphatic rings. The van der Waals surface area contributed by atoms with Crippen LogP contribution in [-0.2, 0) is 4.79 Å². The lowest BCUT2D eigenvalue weighted by Crippen LogP contribution is -2.41. The first kappa shape index (κ1) is 18.9. The van der Waals surface area contributed by atoms with Crippen molar-refractivity contribution < 1.29 is 18.4 Å². The molecule has 3 N–H and O–H groups in total. The number of aromatic nitrogens is 1. The molecule has 27 heavy (non-hydrogen) atoms. The van der Waals surface area contributed by atoms with Crippen molar-refractivity contribution in [3.63, 3.8) is 0 Å². The van der Waals surface area contributed by atoms with Gasteiger partial charge in [0.1, 0.15) is 0 Å². The molecule has 1 aromatic heterocycles. The number of alkyl halides is 2. The first-order valence-corrected chi connectivity index (χ1v) is 8.57. The number of amides is 2. The fourth-order valence-corrected chi connectivity index (χ4v) is 2.86. The van der Waals surface area contributed by atoms with Crippen molar-refractivity contribution in [2.24, 2.45) is 0 Å². The highest BCUT2D eigenvalue weighted by Gasteiger charge is 2.42. The molecule has 2 aromatic rings. The molecule has 0 aliphatic carbocycles. The largest absolute Gasteiger partial charge is 0.348 e. The molecule has 0 spiro atoms. The highest BCUT2D eigenvalue weighted by Crippen LogP contribution is 2.25. The molecule has 142 valence electrons. The van der Waals surface area contributed by atoms with Gasteiger partial charge in [0.2, 0.25) is 5.91 Å². The first-order chi connectivity index (χ1) is 12.8. The van der Waals surface area contributed by atoms with Crippen LogP contribution in [0.15, 0.2) is 48.8 Å². The van der Waals surface area contributed by atoms with Crippen molar-refractivity contribution in [2.75, 3.05) is 11.9 Å². The van der Waals surface area contributed by atoms with E-state index in [1.165, 1.54) is 12.4 Å². The van der Waals surface area contributed by atoms with Crippen LogP contribution < -0.4 is 16.0 Å². The van der Waals surface area contributed by atoms with Crippen molar-refractivity contribution in [3.8, 4) is 0 Å². The Morgan fingerprint density at radius 2 is 1.85 bits per heavy atom. The lowest BCUT2D eigenvalue weighted by atomic mass is 10.1. The second-order valence-electron chi connectivity index (χ2n) is 6.54. The maximum absolute atomic E-state index is 13.2. The average molecular weight is 374 g/mol. The Hall–Kier alpha value is -2.87. The molecular weight excluding hydrogens is 354 g/mol. The Morgan fingerprint density at radius 3 is 2.44 bits per heavy atom. The van der Waals surface area contributed by atoms with E-state index in [0.29, 0.717) is 11.3 Å². The minimum atomic E-state index is -2.85. The maximum atomic E-state index is 13.2. The minimum Gasteiger partial charge on any atom is -0.348 e. The fraction of sp³-hybridized carbons (Fsp3) is 0.316. The number of hydrogen-bond acceptors (Lipinski definition) is 4. The number of halogens is 2. The quantitative estimate of drug-likeness (QED) is 0.751. The summed E-state index contributed by atoms with van der Waals surface area (Å²) >= 11 is 0. The van der Waals surface area contributed by atoms with Crippen LogP contribution in [0.1, 0.15) is 35.3 Å². The molecule has 0 saturated carbocycles. The number of benzene rings is 1. The number of carbonyl (C=O) groups is 2. The van der Waals surface area contributed by atoms with E-state index in [1.54, 1.807) is 43.3 Å². The Bertz CT molecular complexity index is 812. The lowest BCUT2D eigenvalue weighted by Gasteiger charge is -2.18. The summed E-state index contributed by atoms with van der Waals surface area (Å²) in [4.78, 5) is 28.1. The summed E-state index contributed by atoms with van der Waals surface area (Å²) in [5.74, 6) is -3.55. The van der Waals surface area contributed by atoms with Crippen LogP contribution in [0, 0.1) is 0 Å². The van der Waals surface area contributed by atoms with Gasteiger partial charge in [0.15, 0.2) is 0 Å². The summed E-state index contributed by atoms with van der Waals surface area (Å²) in [6.45, 7) is 1.29. The van der Waals surface area contributed by atoms with Gasteiger partial charge in [-0.15, -0.1) is 0 Å². The number of pyridine rings is 1. The van der Waals surface area contributed by atoms with Crippen molar-refractivity contribution in [1.29, 1.82) is 0 Å².